The highest BCUT2D eigenvalue weighted by Gasteiger charge is 2.20. The van der Waals surface area contributed by atoms with Crippen LogP contribution in [0.4, 0.5) is 0 Å². The van der Waals surface area contributed by atoms with Gasteiger partial charge in [0.2, 0.25) is 0 Å². The Bertz CT molecular complexity index is 1270. The summed E-state index contributed by atoms with van der Waals surface area (Å²) in [4.78, 5) is 20.5. The zero-order valence-corrected chi connectivity index (χ0v) is 18.0. The molecule has 0 amide bonds. The fraction of sp³-hybridized carbons (Fsp3) is 0.190. The smallest absolute Gasteiger partial charge is 0.262 e. The molecule has 2 aromatic carbocycles. The molecule has 0 radical (unpaired) electrons. The van der Waals surface area contributed by atoms with Crippen molar-refractivity contribution in [2.24, 2.45) is 0 Å². The number of aryl methyl sites for hydroxylation is 2. The molecule has 0 atom stereocenters. The van der Waals surface area contributed by atoms with Crippen molar-refractivity contribution in [1.82, 2.24) is 19.7 Å². The average molecular weight is 448 g/mol. The van der Waals surface area contributed by atoms with Crippen LogP contribution in [-0.4, -0.2) is 19.7 Å². The largest absolute Gasteiger partial charge is 0.310 e. The first kappa shape index (κ1) is 20.0. The summed E-state index contributed by atoms with van der Waals surface area (Å²) >= 11 is 18.9. The van der Waals surface area contributed by atoms with E-state index in [9.17, 15) is 4.79 Å². The summed E-state index contributed by atoms with van der Waals surface area (Å²) in [7, 11) is 0. The van der Waals surface area contributed by atoms with Gasteiger partial charge in [-0.2, -0.15) is 5.10 Å². The zero-order valence-electron chi connectivity index (χ0n) is 15.8. The second-order valence-corrected chi connectivity index (χ2v) is 8.06. The predicted molar refractivity (Wildman–Crippen MR) is 118 cm³/mol. The lowest BCUT2D eigenvalue weighted by Crippen LogP contribution is -2.13. The van der Waals surface area contributed by atoms with Crippen molar-refractivity contribution in [3.05, 3.63) is 84.5 Å². The van der Waals surface area contributed by atoms with Crippen molar-refractivity contribution < 1.29 is 0 Å². The minimum atomic E-state index is -0.234. The highest BCUT2D eigenvalue weighted by molar-refractivity contribution is 6.40. The summed E-state index contributed by atoms with van der Waals surface area (Å²) in [6.45, 7) is 3.95. The Hall–Kier alpha value is -2.34. The Morgan fingerprint density at radius 1 is 1.10 bits per heavy atom. The topological polar surface area (TPSA) is 63.6 Å². The van der Waals surface area contributed by atoms with E-state index in [2.05, 4.69) is 16.1 Å². The summed E-state index contributed by atoms with van der Waals surface area (Å²) in [6, 6.07) is 11.2. The Morgan fingerprint density at radius 2 is 1.83 bits per heavy atom. The Labute approximate surface area is 182 Å². The van der Waals surface area contributed by atoms with Gasteiger partial charge in [0, 0.05) is 11.4 Å². The Morgan fingerprint density at radius 3 is 2.48 bits per heavy atom. The standard InChI is InChI=1S/C21H17Cl3N4O/c1-3-16-18-20(28(27-16)19-14(23)9-13(22)10-15(19)24)25-17(26-21(18)29)8-12-6-4-5-11(2)7-12/h4-7,9-10H,3,8H2,1-2H3,(H,25,26,29). The maximum absolute atomic E-state index is 12.9. The molecule has 2 aromatic heterocycles. The van der Waals surface area contributed by atoms with Gasteiger partial charge in [0.15, 0.2) is 5.65 Å². The number of hydrogen-bond donors (Lipinski definition) is 1. The second kappa shape index (κ2) is 7.82. The lowest BCUT2D eigenvalue weighted by molar-refractivity contribution is 0.848. The molecule has 0 saturated carbocycles. The number of H-pyrrole nitrogens is 1. The first-order valence-electron chi connectivity index (χ1n) is 9.08. The molecule has 5 nitrogen and oxygen atoms in total. The minimum Gasteiger partial charge on any atom is -0.310 e. The number of nitrogens with one attached hydrogen (secondary N) is 1. The molecule has 29 heavy (non-hydrogen) atoms. The van der Waals surface area contributed by atoms with Crippen LogP contribution in [0.3, 0.4) is 0 Å². The summed E-state index contributed by atoms with van der Waals surface area (Å²) in [5.74, 6) is 0.540. The molecule has 0 spiro atoms. The molecule has 8 heteroatoms. The number of aromatic amines is 1. The number of rotatable bonds is 4. The van der Waals surface area contributed by atoms with E-state index in [-0.39, 0.29) is 5.56 Å². The first-order valence-corrected chi connectivity index (χ1v) is 10.2. The SMILES string of the molecule is CCc1nn(-c2c(Cl)cc(Cl)cc2Cl)c2nc(Cc3cccc(C)c3)[nH]c(=O)c12. The number of halogens is 3. The van der Waals surface area contributed by atoms with Crippen LogP contribution in [-0.2, 0) is 12.8 Å². The molecule has 0 saturated heterocycles. The van der Waals surface area contributed by atoms with Crippen molar-refractivity contribution >= 4 is 45.8 Å². The third-order valence-corrected chi connectivity index (χ3v) is 5.44. The van der Waals surface area contributed by atoms with Gasteiger partial charge in [-0.15, -0.1) is 0 Å². The molecule has 4 rings (SSSR count). The van der Waals surface area contributed by atoms with Crippen molar-refractivity contribution in [1.29, 1.82) is 0 Å². The fourth-order valence-electron chi connectivity index (χ4n) is 3.38. The molecule has 0 unspecified atom stereocenters. The van der Waals surface area contributed by atoms with Crippen molar-refractivity contribution in [3.63, 3.8) is 0 Å². The Balaban J connectivity index is 1.94. The van der Waals surface area contributed by atoms with Gasteiger partial charge < -0.3 is 4.98 Å². The van der Waals surface area contributed by atoms with Crippen LogP contribution in [0, 0.1) is 6.92 Å². The highest BCUT2D eigenvalue weighted by Crippen LogP contribution is 2.33. The van der Waals surface area contributed by atoms with Gasteiger partial charge in [-0.25, -0.2) is 9.67 Å². The van der Waals surface area contributed by atoms with E-state index in [0.717, 1.165) is 11.1 Å². The molecule has 0 aliphatic heterocycles. The second-order valence-electron chi connectivity index (χ2n) is 6.81. The number of nitrogens with zero attached hydrogens (tertiary/aromatic N) is 3. The summed E-state index contributed by atoms with van der Waals surface area (Å²) in [5, 5.41) is 6.09. The van der Waals surface area contributed by atoms with Crippen LogP contribution in [0.1, 0.15) is 29.6 Å². The van der Waals surface area contributed by atoms with E-state index in [1.165, 1.54) is 4.68 Å². The van der Waals surface area contributed by atoms with Crippen molar-refractivity contribution in [2.75, 3.05) is 0 Å². The number of benzene rings is 2. The van der Waals surface area contributed by atoms with Gasteiger partial charge in [0.1, 0.15) is 16.9 Å². The van der Waals surface area contributed by atoms with Gasteiger partial charge in [0.05, 0.1) is 15.7 Å². The van der Waals surface area contributed by atoms with E-state index < -0.39 is 0 Å². The van der Waals surface area contributed by atoms with Gasteiger partial charge in [0.25, 0.3) is 5.56 Å². The third kappa shape index (κ3) is 3.78. The van der Waals surface area contributed by atoms with E-state index in [1.54, 1.807) is 12.1 Å². The van der Waals surface area contributed by atoms with Crippen LogP contribution in [0.5, 0.6) is 0 Å². The van der Waals surface area contributed by atoms with Crippen molar-refractivity contribution in [3.8, 4) is 5.69 Å². The summed E-state index contributed by atoms with van der Waals surface area (Å²) < 4.78 is 1.53. The van der Waals surface area contributed by atoms with Crippen LogP contribution in [0.2, 0.25) is 15.1 Å². The van der Waals surface area contributed by atoms with Gasteiger partial charge in [-0.1, -0.05) is 71.6 Å². The minimum absolute atomic E-state index is 0.234. The normalized spacial score (nSPS) is 11.3. The molecule has 2 heterocycles. The van der Waals surface area contributed by atoms with Crippen LogP contribution in [0.15, 0.2) is 41.2 Å². The molecule has 4 aromatic rings. The number of hydrogen-bond acceptors (Lipinski definition) is 3. The predicted octanol–water partition coefficient (Wildman–Crippen LogP) is 5.53. The zero-order chi connectivity index (χ0) is 20.7. The fourth-order valence-corrected chi connectivity index (χ4v) is 4.35. The number of fused-ring (bicyclic) bond motifs is 1. The maximum Gasteiger partial charge on any atom is 0.262 e. The van der Waals surface area contributed by atoms with E-state index >= 15 is 0 Å². The Kier molecular flexibility index (Phi) is 5.38. The van der Waals surface area contributed by atoms with E-state index in [0.29, 0.717) is 56.1 Å². The van der Waals surface area contributed by atoms with Crippen LogP contribution < -0.4 is 5.56 Å². The van der Waals surface area contributed by atoms with Crippen molar-refractivity contribution in [2.45, 2.75) is 26.7 Å². The van der Waals surface area contributed by atoms with E-state index in [4.69, 9.17) is 39.8 Å². The van der Waals surface area contributed by atoms with Crippen LogP contribution >= 0.6 is 34.8 Å². The van der Waals surface area contributed by atoms with Gasteiger partial charge in [-0.3, -0.25) is 4.79 Å². The third-order valence-electron chi connectivity index (χ3n) is 4.64. The molecule has 1 N–H and O–H groups in total. The highest BCUT2D eigenvalue weighted by atomic mass is 35.5. The molecule has 148 valence electrons. The van der Waals surface area contributed by atoms with Gasteiger partial charge in [-0.05, 0) is 31.0 Å². The molecule has 0 aliphatic rings. The molecular formula is C21H17Cl3N4O. The number of aromatic nitrogens is 4. The quantitative estimate of drug-likeness (QED) is 0.447. The molecule has 0 bridgehead atoms. The average Bonchev–Trinajstić information content (AvgIpc) is 3.00. The lowest BCUT2D eigenvalue weighted by atomic mass is 10.1. The first-order chi connectivity index (χ1) is 13.9. The van der Waals surface area contributed by atoms with Crippen LogP contribution in [0.25, 0.3) is 16.7 Å². The summed E-state index contributed by atoms with van der Waals surface area (Å²) in [5.41, 5.74) is 3.45. The molecular weight excluding hydrogens is 431 g/mol. The monoisotopic (exact) mass is 446 g/mol. The van der Waals surface area contributed by atoms with Gasteiger partial charge >= 0.3 is 0 Å². The van der Waals surface area contributed by atoms with E-state index in [1.807, 2.05) is 32.0 Å². The molecule has 0 aliphatic carbocycles. The lowest BCUT2D eigenvalue weighted by Gasteiger charge is -2.09. The maximum atomic E-state index is 12.9. The molecule has 0 fully saturated rings. The summed E-state index contributed by atoms with van der Waals surface area (Å²) in [6.07, 6.45) is 1.05.